The third kappa shape index (κ3) is 5.76. The number of methoxy groups -OCH3 is 2. The number of nitrogens with zero attached hydrogens (tertiary/aromatic N) is 2. The molecule has 0 atom stereocenters. The Balaban J connectivity index is 1.83. The van der Waals surface area contributed by atoms with Crippen LogP contribution in [0.25, 0.3) is 16.9 Å². The molecule has 1 amide bonds. The van der Waals surface area contributed by atoms with Crippen LogP contribution in [0.2, 0.25) is 0 Å². The lowest BCUT2D eigenvalue weighted by Crippen LogP contribution is -2.28. The van der Waals surface area contributed by atoms with E-state index < -0.39 is 23.2 Å². The molecule has 3 aromatic rings. The first-order valence-corrected chi connectivity index (χ1v) is 12.2. The molecule has 11 heteroatoms. The molecule has 0 bridgehead atoms. The quantitative estimate of drug-likeness (QED) is 0.374. The van der Waals surface area contributed by atoms with Crippen molar-refractivity contribution in [2.24, 2.45) is 5.73 Å². The highest BCUT2D eigenvalue weighted by Gasteiger charge is 2.35. The van der Waals surface area contributed by atoms with Gasteiger partial charge in [-0.3, -0.25) is 9.59 Å². The van der Waals surface area contributed by atoms with Gasteiger partial charge in [0.15, 0.2) is 0 Å². The van der Waals surface area contributed by atoms with E-state index in [4.69, 9.17) is 15.2 Å². The van der Waals surface area contributed by atoms with Crippen molar-refractivity contribution in [1.82, 2.24) is 9.78 Å². The summed E-state index contributed by atoms with van der Waals surface area (Å²) in [4.78, 5) is 24.4. The minimum atomic E-state index is -4.71. The Morgan fingerprint density at radius 1 is 1.05 bits per heavy atom. The highest BCUT2D eigenvalue weighted by molar-refractivity contribution is 5.73. The molecule has 202 valence electrons. The molecule has 0 fully saturated rings. The molecule has 8 nitrogen and oxygen atoms in total. The summed E-state index contributed by atoms with van der Waals surface area (Å²) in [7, 11) is 3.00. The van der Waals surface area contributed by atoms with Crippen LogP contribution >= 0.6 is 0 Å². The van der Waals surface area contributed by atoms with Gasteiger partial charge in [0.25, 0.3) is 5.56 Å². The van der Waals surface area contributed by atoms with E-state index in [1.165, 1.54) is 26.4 Å². The molecular weight excluding hydrogens is 501 g/mol. The van der Waals surface area contributed by atoms with Crippen LogP contribution in [0.1, 0.15) is 42.4 Å². The molecule has 2 aromatic carbocycles. The van der Waals surface area contributed by atoms with E-state index in [9.17, 15) is 22.8 Å². The number of halogens is 3. The van der Waals surface area contributed by atoms with Crippen molar-refractivity contribution in [2.45, 2.75) is 44.7 Å². The molecule has 1 aromatic heterocycles. The van der Waals surface area contributed by atoms with Crippen molar-refractivity contribution < 1.29 is 27.4 Å². The predicted octanol–water partition coefficient (Wildman–Crippen LogP) is 4.49. The number of hydrogen-bond donors (Lipinski definition) is 2. The second-order valence-electron chi connectivity index (χ2n) is 9.06. The molecule has 0 saturated carbocycles. The number of ether oxygens (including phenoxy) is 2. The van der Waals surface area contributed by atoms with Gasteiger partial charge in [0, 0.05) is 35.8 Å². The van der Waals surface area contributed by atoms with Gasteiger partial charge in [-0.05, 0) is 68.0 Å². The minimum absolute atomic E-state index is 0.228. The fraction of sp³-hybridized carbons (Fsp3) is 0.370. The smallest absolute Gasteiger partial charge is 0.418 e. The fourth-order valence-corrected chi connectivity index (χ4v) is 4.63. The van der Waals surface area contributed by atoms with Crippen molar-refractivity contribution in [2.75, 3.05) is 26.1 Å². The standard InChI is InChI=1S/C27H29F3N4O4/c1-37-18-12-16(13-19(15-18)38-2)25-20-6-5-7-21(20)26(36)34(33-25)23-14-17(9-10-22(23)27(28,29)30)32-11-4-3-8-24(31)35/h9-10,12-15,32H,3-8,11H2,1-2H3,(H2,31,35). The molecule has 1 aliphatic rings. The molecular formula is C27H29F3N4O4. The van der Waals surface area contributed by atoms with Gasteiger partial charge in [0.05, 0.1) is 31.2 Å². The number of anilines is 1. The molecule has 4 rings (SSSR count). The Morgan fingerprint density at radius 3 is 2.37 bits per heavy atom. The number of nitrogens with one attached hydrogen (secondary N) is 1. The van der Waals surface area contributed by atoms with Crippen LogP contribution in [0.15, 0.2) is 41.2 Å². The van der Waals surface area contributed by atoms with Gasteiger partial charge in [0.1, 0.15) is 11.5 Å². The number of alkyl halides is 3. The lowest BCUT2D eigenvalue weighted by atomic mass is 10.0. The Bertz CT molecular complexity index is 1380. The molecule has 1 heterocycles. The summed E-state index contributed by atoms with van der Waals surface area (Å²) in [6.07, 6.45) is -1.60. The van der Waals surface area contributed by atoms with Gasteiger partial charge in [-0.25, -0.2) is 0 Å². The van der Waals surface area contributed by atoms with E-state index in [0.717, 1.165) is 16.3 Å². The van der Waals surface area contributed by atoms with E-state index in [1.54, 1.807) is 18.2 Å². The van der Waals surface area contributed by atoms with Gasteiger partial charge in [-0.15, -0.1) is 0 Å². The zero-order valence-electron chi connectivity index (χ0n) is 21.2. The zero-order chi connectivity index (χ0) is 27.4. The molecule has 1 aliphatic carbocycles. The molecule has 38 heavy (non-hydrogen) atoms. The lowest BCUT2D eigenvalue weighted by molar-refractivity contribution is -0.137. The summed E-state index contributed by atoms with van der Waals surface area (Å²) < 4.78 is 53.8. The Hall–Kier alpha value is -4.02. The third-order valence-electron chi connectivity index (χ3n) is 6.49. The Labute approximate surface area is 217 Å². The van der Waals surface area contributed by atoms with Crippen molar-refractivity contribution in [3.63, 3.8) is 0 Å². The molecule has 0 spiro atoms. The van der Waals surface area contributed by atoms with Crippen molar-refractivity contribution in [3.05, 3.63) is 63.4 Å². The van der Waals surface area contributed by atoms with Crippen LogP contribution in [0.3, 0.4) is 0 Å². The number of nitrogens with two attached hydrogens (primary N) is 1. The number of fused-ring (bicyclic) bond motifs is 1. The number of hydrogen-bond acceptors (Lipinski definition) is 6. The summed E-state index contributed by atoms with van der Waals surface area (Å²) >= 11 is 0. The minimum Gasteiger partial charge on any atom is -0.497 e. The van der Waals surface area contributed by atoms with Crippen LogP contribution in [0, 0.1) is 0 Å². The normalized spacial score (nSPS) is 12.8. The van der Waals surface area contributed by atoms with E-state index in [2.05, 4.69) is 10.4 Å². The molecule has 0 unspecified atom stereocenters. The molecule has 0 aliphatic heterocycles. The van der Waals surface area contributed by atoms with Gasteiger partial charge < -0.3 is 20.5 Å². The topological polar surface area (TPSA) is 108 Å². The van der Waals surface area contributed by atoms with Crippen molar-refractivity contribution >= 4 is 11.6 Å². The SMILES string of the molecule is COc1cc(OC)cc(-c2nn(-c3cc(NCCCCC(N)=O)ccc3C(F)(F)F)c(=O)c3c2CCC3)c1. The molecule has 0 radical (unpaired) electrons. The maximum absolute atomic E-state index is 14.1. The van der Waals surface area contributed by atoms with E-state index in [1.807, 2.05) is 0 Å². The number of unbranched alkanes of at least 4 members (excludes halogenated alkanes) is 1. The zero-order valence-corrected chi connectivity index (χ0v) is 21.2. The Morgan fingerprint density at radius 2 is 1.74 bits per heavy atom. The van der Waals surface area contributed by atoms with Gasteiger partial charge in [0.2, 0.25) is 5.91 Å². The number of rotatable bonds is 10. The second kappa shape index (κ2) is 11.2. The number of primary amides is 1. The number of amides is 1. The second-order valence-corrected chi connectivity index (χ2v) is 9.06. The van der Waals surface area contributed by atoms with Gasteiger partial charge in [-0.2, -0.15) is 23.0 Å². The average Bonchev–Trinajstić information content (AvgIpc) is 3.38. The highest BCUT2D eigenvalue weighted by atomic mass is 19.4. The summed E-state index contributed by atoms with van der Waals surface area (Å²) in [5.74, 6) is 0.571. The monoisotopic (exact) mass is 530 g/mol. The number of carbonyl (C=O) groups excluding carboxylic acids is 1. The van der Waals surface area contributed by atoms with Gasteiger partial charge in [-0.1, -0.05) is 0 Å². The summed E-state index contributed by atoms with van der Waals surface area (Å²) in [5.41, 5.74) is 5.79. The summed E-state index contributed by atoms with van der Waals surface area (Å²) in [5, 5.41) is 7.55. The summed E-state index contributed by atoms with van der Waals surface area (Å²) in [6, 6.07) is 8.64. The molecule has 3 N–H and O–H groups in total. The first-order valence-electron chi connectivity index (χ1n) is 12.2. The maximum atomic E-state index is 14.1. The average molecular weight is 531 g/mol. The fourth-order valence-electron chi connectivity index (χ4n) is 4.63. The molecule has 0 saturated heterocycles. The van der Waals surface area contributed by atoms with Crippen LogP contribution in [-0.4, -0.2) is 36.5 Å². The third-order valence-corrected chi connectivity index (χ3v) is 6.49. The van der Waals surface area contributed by atoms with Crippen LogP contribution in [-0.2, 0) is 23.8 Å². The van der Waals surface area contributed by atoms with E-state index in [-0.39, 0.29) is 12.1 Å². The van der Waals surface area contributed by atoms with Crippen LogP contribution in [0.5, 0.6) is 11.5 Å². The highest BCUT2D eigenvalue weighted by Crippen LogP contribution is 2.37. The van der Waals surface area contributed by atoms with Crippen molar-refractivity contribution in [1.29, 1.82) is 0 Å². The lowest BCUT2D eigenvalue weighted by Gasteiger charge is -2.18. The number of carbonyl (C=O) groups is 1. The number of benzene rings is 2. The first kappa shape index (κ1) is 27.0. The first-order chi connectivity index (χ1) is 18.1. The largest absolute Gasteiger partial charge is 0.497 e. The predicted molar refractivity (Wildman–Crippen MR) is 137 cm³/mol. The Kier molecular flexibility index (Phi) is 7.94. The van der Waals surface area contributed by atoms with Crippen molar-refractivity contribution in [3.8, 4) is 28.4 Å². The van der Waals surface area contributed by atoms with E-state index in [0.29, 0.717) is 72.7 Å². The van der Waals surface area contributed by atoms with Gasteiger partial charge >= 0.3 is 6.18 Å². The number of aromatic nitrogens is 2. The van der Waals surface area contributed by atoms with Crippen LogP contribution < -0.4 is 26.1 Å². The maximum Gasteiger partial charge on any atom is 0.418 e. The van der Waals surface area contributed by atoms with Crippen LogP contribution in [0.4, 0.5) is 18.9 Å². The summed E-state index contributed by atoms with van der Waals surface area (Å²) in [6.45, 7) is 0.416. The van der Waals surface area contributed by atoms with E-state index >= 15 is 0 Å².